The van der Waals surface area contributed by atoms with Crippen LogP contribution >= 0.6 is 0 Å². The molecule has 0 N–H and O–H groups in total. The van der Waals surface area contributed by atoms with Crippen LogP contribution in [0.15, 0.2) is 71.3 Å². The fourth-order valence-electron chi connectivity index (χ4n) is 4.76. The minimum absolute atomic E-state index is 0.160. The molecule has 5 rings (SSSR count). The van der Waals surface area contributed by atoms with E-state index in [4.69, 9.17) is 4.42 Å². The molecule has 192 valence electrons. The molecular weight excluding hydrogens is 483 g/mol. The number of alkyl halides is 3. The summed E-state index contributed by atoms with van der Waals surface area (Å²) in [5.74, 6) is -0.513. The Hall–Kier alpha value is -4.01. The fraction of sp³-hybridized carbons (Fsp3) is 0.286. The number of carbonyl (C=O) groups excluding carboxylic acids is 2. The van der Waals surface area contributed by atoms with Crippen molar-refractivity contribution in [2.75, 3.05) is 19.6 Å². The second kappa shape index (κ2) is 9.46. The largest absolute Gasteiger partial charge is 0.448 e. The molecule has 1 saturated heterocycles. The number of carbonyl (C=O) groups is 2. The molecule has 3 heterocycles. The van der Waals surface area contributed by atoms with Crippen LogP contribution in [0.4, 0.5) is 13.2 Å². The van der Waals surface area contributed by atoms with Gasteiger partial charge in [0.05, 0.1) is 18.4 Å². The Morgan fingerprint density at radius 3 is 2.32 bits per heavy atom. The Morgan fingerprint density at radius 2 is 1.68 bits per heavy atom. The molecule has 0 bridgehead atoms. The summed E-state index contributed by atoms with van der Waals surface area (Å²) in [4.78, 5) is 29.9. The number of rotatable bonds is 4. The van der Waals surface area contributed by atoms with Gasteiger partial charge in [-0.25, -0.2) is 0 Å². The van der Waals surface area contributed by atoms with E-state index in [9.17, 15) is 22.8 Å². The summed E-state index contributed by atoms with van der Waals surface area (Å²) in [6.07, 6.45) is -2.86. The molecule has 0 spiro atoms. The summed E-state index contributed by atoms with van der Waals surface area (Å²) in [6.45, 7) is 5.22. The van der Waals surface area contributed by atoms with Gasteiger partial charge in [0.1, 0.15) is 5.69 Å². The van der Waals surface area contributed by atoms with Crippen LogP contribution in [0.25, 0.3) is 11.1 Å². The molecule has 0 saturated carbocycles. The van der Waals surface area contributed by atoms with E-state index in [1.54, 1.807) is 16.1 Å². The Kier molecular flexibility index (Phi) is 6.31. The number of piperazine rings is 1. The van der Waals surface area contributed by atoms with Crippen molar-refractivity contribution in [1.29, 1.82) is 0 Å². The van der Waals surface area contributed by atoms with Crippen LogP contribution < -0.4 is 0 Å². The van der Waals surface area contributed by atoms with Crippen molar-refractivity contribution in [3.8, 4) is 0 Å². The molecule has 2 amide bonds. The predicted molar refractivity (Wildman–Crippen MR) is 132 cm³/mol. The lowest BCUT2D eigenvalue weighted by Crippen LogP contribution is -2.55. The average Bonchev–Trinajstić information content (AvgIpc) is 3.46. The van der Waals surface area contributed by atoms with Gasteiger partial charge in [-0.05, 0) is 55.8 Å². The van der Waals surface area contributed by atoms with Crippen molar-refractivity contribution < 1.29 is 27.2 Å². The summed E-state index contributed by atoms with van der Waals surface area (Å²) >= 11 is 0. The molecule has 1 aliphatic heterocycles. The van der Waals surface area contributed by atoms with Gasteiger partial charge >= 0.3 is 6.18 Å². The van der Waals surface area contributed by atoms with Crippen molar-refractivity contribution in [1.82, 2.24) is 14.4 Å². The molecule has 37 heavy (non-hydrogen) atoms. The van der Waals surface area contributed by atoms with E-state index in [1.807, 2.05) is 54.8 Å². The smallest absolute Gasteiger partial charge is 0.416 e. The molecule has 1 unspecified atom stereocenters. The van der Waals surface area contributed by atoms with Crippen LogP contribution in [0, 0.1) is 6.92 Å². The van der Waals surface area contributed by atoms with E-state index < -0.39 is 11.7 Å². The molecule has 1 aliphatic rings. The van der Waals surface area contributed by atoms with Gasteiger partial charge in [0, 0.05) is 36.6 Å². The first-order chi connectivity index (χ1) is 17.6. The molecule has 2 aromatic carbocycles. The monoisotopic (exact) mass is 509 g/mol. The van der Waals surface area contributed by atoms with E-state index >= 15 is 0 Å². The van der Waals surface area contributed by atoms with E-state index in [2.05, 4.69) is 0 Å². The van der Waals surface area contributed by atoms with Crippen molar-refractivity contribution in [3.63, 3.8) is 0 Å². The molecule has 9 heteroatoms. The van der Waals surface area contributed by atoms with E-state index in [0.717, 1.165) is 28.6 Å². The normalized spacial score (nSPS) is 16.4. The van der Waals surface area contributed by atoms with Gasteiger partial charge in [-0.1, -0.05) is 29.8 Å². The van der Waals surface area contributed by atoms with E-state index in [-0.39, 0.29) is 30.0 Å². The third kappa shape index (κ3) is 4.85. The topological polar surface area (TPSA) is 58.7 Å². The highest BCUT2D eigenvalue weighted by Gasteiger charge is 2.34. The van der Waals surface area contributed by atoms with Gasteiger partial charge in [0.25, 0.3) is 11.8 Å². The number of furan rings is 1. The summed E-state index contributed by atoms with van der Waals surface area (Å²) in [5, 5.41) is 0.833. The predicted octanol–water partition coefficient (Wildman–Crippen LogP) is 5.60. The molecule has 4 aromatic rings. The van der Waals surface area contributed by atoms with Crippen molar-refractivity contribution in [2.45, 2.75) is 32.6 Å². The van der Waals surface area contributed by atoms with Gasteiger partial charge in [0.2, 0.25) is 5.71 Å². The van der Waals surface area contributed by atoms with Gasteiger partial charge in [-0.3, -0.25) is 9.59 Å². The lowest BCUT2D eigenvalue weighted by molar-refractivity contribution is -0.137. The molecule has 0 radical (unpaired) electrons. The van der Waals surface area contributed by atoms with E-state index in [1.165, 1.54) is 12.1 Å². The second-order valence-electron chi connectivity index (χ2n) is 9.46. The van der Waals surface area contributed by atoms with Crippen LogP contribution in [-0.2, 0) is 12.7 Å². The van der Waals surface area contributed by atoms with Gasteiger partial charge in [-0.2, -0.15) is 13.2 Å². The number of aryl methyl sites for hydroxylation is 1. The number of benzene rings is 2. The average molecular weight is 510 g/mol. The van der Waals surface area contributed by atoms with Crippen LogP contribution in [0.2, 0.25) is 0 Å². The molecule has 1 fully saturated rings. The zero-order valence-corrected chi connectivity index (χ0v) is 20.5. The first kappa shape index (κ1) is 24.7. The molecule has 2 aromatic heterocycles. The first-order valence-corrected chi connectivity index (χ1v) is 12.0. The zero-order valence-electron chi connectivity index (χ0n) is 20.5. The van der Waals surface area contributed by atoms with Crippen LogP contribution in [-0.4, -0.2) is 51.9 Å². The minimum Gasteiger partial charge on any atom is -0.448 e. The standard InChI is InChI=1S/C28H26F3N3O3/c1-18-3-5-20(6-4-18)17-34-24(15-22-11-14-37-27(22)34)26(36)32-12-13-33(19(2)16-32)25(35)21-7-9-23(10-8-21)28(29,30)31/h3-11,14-15,19H,12-13,16-17H2,1-2H3. The van der Waals surface area contributed by atoms with Gasteiger partial charge in [-0.15, -0.1) is 0 Å². The minimum atomic E-state index is -4.46. The summed E-state index contributed by atoms with van der Waals surface area (Å²) in [6, 6.07) is 15.6. The van der Waals surface area contributed by atoms with Crippen LogP contribution in [0.5, 0.6) is 0 Å². The number of nitrogens with zero attached hydrogens (tertiary/aromatic N) is 3. The molecule has 0 aliphatic carbocycles. The Balaban J connectivity index is 1.32. The van der Waals surface area contributed by atoms with Crippen molar-refractivity contribution in [3.05, 3.63) is 94.9 Å². The first-order valence-electron chi connectivity index (χ1n) is 12.0. The summed E-state index contributed by atoms with van der Waals surface area (Å²) in [5.41, 5.74) is 2.69. The maximum Gasteiger partial charge on any atom is 0.416 e. The molecule has 6 nitrogen and oxygen atoms in total. The van der Waals surface area contributed by atoms with Gasteiger partial charge < -0.3 is 18.8 Å². The number of fused-ring (bicyclic) bond motifs is 1. The SMILES string of the molecule is Cc1ccc(Cn2c(C(=O)N3CCN(C(=O)c4ccc(C(F)(F)F)cc4)C(C)C3)cc3ccoc32)cc1. The Labute approximate surface area is 211 Å². The highest BCUT2D eigenvalue weighted by molar-refractivity contribution is 5.98. The maximum absolute atomic E-state index is 13.6. The lowest BCUT2D eigenvalue weighted by Gasteiger charge is -2.40. The maximum atomic E-state index is 13.6. The number of halogens is 3. The second-order valence-corrected chi connectivity index (χ2v) is 9.46. The zero-order chi connectivity index (χ0) is 26.3. The highest BCUT2D eigenvalue weighted by Crippen LogP contribution is 2.30. The third-order valence-electron chi connectivity index (χ3n) is 6.82. The number of amides is 2. The van der Waals surface area contributed by atoms with Crippen molar-refractivity contribution >= 4 is 22.9 Å². The number of hydrogen-bond acceptors (Lipinski definition) is 3. The van der Waals surface area contributed by atoms with Crippen LogP contribution in [0.1, 0.15) is 44.5 Å². The quantitative estimate of drug-likeness (QED) is 0.360. The lowest BCUT2D eigenvalue weighted by atomic mass is 10.1. The summed E-state index contributed by atoms with van der Waals surface area (Å²) in [7, 11) is 0. The molecule has 1 atom stereocenters. The highest BCUT2D eigenvalue weighted by atomic mass is 19.4. The number of aromatic nitrogens is 1. The van der Waals surface area contributed by atoms with E-state index in [0.29, 0.717) is 31.0 Å². The fourth-order valence-corrected chi connectivity index (χ4v) is 4.76. The van der Waals surface area contributed by atoms with Crippen molar-refractivity contribution in [2.24, 2.45) is 0 Å². The van der Waals surface area contributed by atoms with Crippen LogP contribution in [0.3, 0.4) is 0 Å². The summed E-state index contributed by atoms with van der Waals surface area (Å²) < 4.78 is 46.2. The Morgan fingerprint density at radius 1 is 0.973 bits per heavy atom. The number of hydrogen-bond donors (Lipinski definition) is 0. The third-order valence-corrected chi connectivity index (χ3v) is 6.82. The Bertz CT molecular complexity index is 1440. The molecular formula is C28H26F3N3O3. The van der Waals surface area contributed by atoms with Gasteiger partial charge in [0.15, 0.2) is 0 Å².